The highest BCUT2D eigenvalue weighted by Gasteiger charge is 2.14. The van der Waals surface area contributed by atoms with Gasteiger partial charge in [0.15, 0.2) is 0 Å². The average molecular weight is 279 g/mol. The Bertz CT molecular complexity index is 598. The maximum Gasteiger partial charge on any atom is 0.141 e. The summed E-state index contributed by atoms with van der Waals surface area (Å²) < 4.78 is 1.63. The Kier molecular flexibility index (Phi) is 3.80. The summed E-state index contributed by atoms with van der Waals surface area (Å²) >= 11 is 7.24. The number of halogens is 1. The number of nitrogens with two attached hydrogens (primary N) is 1. The number of thioether (sulfide) groups is 1. The van der Waals surface area contributed by atoms with Crippen LogP contribution in [0.15, 0.2) is 29.3 Å². The van der Waals surface area contributed by atoms with Gasteiger partial charge in [-0.25, -0.2) is 4.68 Å². The van der Waals surface area contributed by atoms with E-state index in [1.807, 2.05) is 30.5 Å². The number of nitriles is 1. The molecule has 0 fully saturated rings. The normalized spacial score (nSPS) is 10.3. The number of hydrogen-bond donors (Lipinski definition) is 1. The molecule has 0 atom stereocenters. The first-order valence-corrected chi connectivity index (χ1v) is 6.80. The van der Waals surface area contributed by atoms with Crippen molar-refractivity contribution in [2.24, 2.45) is 0 Å². The summed E-state index contributed by atoms with van der Waals surface area (Å²) in [6.07, 6.45) is 1.87. The Morgan fingerprint density at radius 1 is 1.44 bits per heavy atom. The van der Waals surface area contributed by atoms with Crippen LogP contribution in [-0.4, -0.2) is 16.0 Å². The van der Waals surface area contributed by atoms with Crippen molar-refractivity contribution in [3.8, 4) is 6.07 Å². The van der Waals surface area contributed by atoms with Crippen LogP contribution in [0.4, 0.5) is 5.82 Å². The summed E-state index contributed by atoms with van der Waals surface area (Å²) in [4.78, 5) is 0. The molecule has 0 aliphatic rings. The Hall–Kier alpha value is -1.64. The van der Waals surface area contributed by atoms with Crippen LogP contribution in [0.5, 0.6) is 0 Å². The van der Waals surface area contributed by atoms with Crippen LogP contribution in [0, 0.1) is 11.3 Å². The number of nitrogens with zero attached hydrogens (tertiary/aromatic N) is 3. The van der Waals surface area contributed by atoms with E-state index < -0.39 is 0 Å². The van der Waals surface area contributed by atoms with Gasteiger partial charge in [-0.05, 0) is 24.0 Å². The second kappa shape index (κ2) is 5.34. The number of aromatic nitrogens is 2. The van der Waals surface area contributed by atoms with Crippen molar-refractivity contribution in [2.75, 3.05) is 12.0 Å². The van der Waals surface area contributed by atoms with Gasteiger partial charge in [0.05, 0.1) is 6.54 Å². The van der Waals surface area contributed by atoms with E-state index in [0.29, 0.717) is 28.0 Å². The van der Waals surface area contributed by atoms with E-state index in [0.717, 1.165) is 5.56 Å². The van der Waals surface area contributed by atoms with Crippen molar-refractivity contribution in [1.82, 2.24) is 9.78 Å². The average Bonchev–Trinajstić information content (AvgIpc) is 2.68. The quantitative estimate of drug-likeness (QED) is 0.877. The Balaban J connectivity index is 2.32. The van der Waals surface area contributed by atoms with Crippen LogP contribution < -0.4 is 5.73 Å². The van der Waals surface area contributed by atoms with Gasteiger partial charge in [0, 0.05) is 5.02 Å². The molecule has 4 nitrogen and oxygen atoms in total. The maximum absolute atomic E-state index is 9.03. The smallest absolute Gasteiger partial charge is 0.141 e. The predicted octanol–water partition coefficient (Wildman–Crippen LogP) is 2.76. The third kappa shape index (κ3) is 2.45. The Labute approximate surface area is 114 Å². The molecular weight excluding hydrogens is 268 g/mol. The first-order valence-electron chi connectivity index (χ1n) is 5.20. The number of rotatable bonds is 3. The molecule has 6 heteroatoms. The van der Waals surface area contributed by atoms with E-state index in [-0.39, 0.29) is 0 Å². The van der Waals surface area contributed by atoms with Crippen molar-refractivity contribution in [2.45, 2.75) is 11.6 Å². The van der Waals surface area contributed by atoms with Crippen LogP contribution in [0.1, 0.15) is 11.1 Å². The maximum atomic E-state index is 9.03. The standard InChI is InChI=1S/C12H11ClN4S/c1-18-12-10(6-14)11(15)17(16-12)7-8-2-4-9(13)5-3-8/h2-5H,7,15H2,1H3. The van der Waals surface area contributed by atoms with E-state index in [2.05, 4.69) is 11.2 Å². The molecule has 92 valence electrons. The minimum Gasteiger partial charge on any atom is -0.383 e. The Morgan fingerprint density at radius 3 is 2.61 bits per heavy atom. The number of benzene rings is 1. The predicted molar refractivity (Wildman–Crippen MR) is 73.7 cm³/mol. The Morgan fingerprint density at radius 2 is 2.11 bits per heavy atom. The summed E-state index contributed by atoms with van der Waals surface area (Å²) in [7, 11) is 0. The molecule has 0 amide bonds. The highest BCUT2D eigenvalue weighted by molar-refractivity contribution is 7.98. The highest BCUT2D eigenvalue weighted by Crippen LogP contribution is 2.24. The molecule has 0 saturated carbocycles. The first kappa shape index (κ1) is 12.8. The molecule has 0 spiro atoms. The van der Waals surface area contributed by atoms with E-state index in [1.54, 1.807) is 4.68 Å². The minimum absolute atomic E-state index is 0.400. The second-order valence-corrected chi connectivity index (χ2v) is 4.90. The lowest BCUT2D eigenvalue weighted by Crippen LogP contribution is -2.06. The van der Waals surface area contributed by atoms with E-state index in [9.17, 15) is 0 Å². The third-order valence-corrected chi connectivity index (χ3v) is 3.43. The summed E-state index contributed by atoms with van der Waals surface area (Å²) in [5, 5.41) is 14.7. The fourth-order valence-electron chi connectivity index (χ4n) is 1.58. The highest BCUT2D eigenvalue weighted by atomic mass is 35.5. The zero-order valence-corrected chi connectivity index (χ0v) is 11.3. The zero-order valence-electron chi connectivity index (χ0n) is 9.72. The number of nitrogen functional groups attached to an aromatic ring is 1. The number of anilines is 1. The molecule has 0 aliphatic heterocycles. The van der Waals surface area contributed by atoms with E-state index >= 15 is 0 Å². The summed E-state index contributed by atoms with van der Waals surface area (Å²) in [6, 6.07) is 9.54. The molecule has 0 aliphatic carbocycles. The monoisotopic (exact) mass is 278 g/mol. The second-order valence-electron chi connectivity index (χ2n) is 3.67. The molecule has 1 aromatic heterocycles. The van der Waals surface area contributed by atoms with Gasteiger partial charge in [0.2, 0.25) is 0 Å². The van der Waals surface area contributed by atoms with Gasteiger partial charge in [-0.15, -0.1) is 11.8 Å². The molecule has 2 N–H and O–H groups in total. The molecule has 1 aromatic carbocycles. The third-order valence-electron chi connectivity index (χ3n) is 2.51. The molecule has 0 unspecified atom stereocenters. The molecule has 0 bridgehead atoms. The van der Waals surface area contributed by atoms with Crippen LogP contribution in [-0.2, 0) is 6.54 Å². The fraction of sp³-hybridized carbons (Fsp3) is 0.167. The van der Waals surface area contributed by atoms with Crippen LogP contribution in [0.3, 0.4) is 0 Å². The van der Waals surface area contributed by atoms with Crippen molar-refractivity contribution >= 4 is 29.2 Å². The van der Waals surface area contributed by atoms with Gasteiger partial charge >= 0.3 is 0 Å². The van der Waals surface area contributed by atoms with Crippen molar-refractivity contribution in [3.05, 3.63) is 40.4 Å². The van der Waals surface area contributed by atoms with Crippen molar-refractivity contribution in [3.63, 3.8) is 0 Å². The summed E-state index contributed by atoms with van der Waals surface area (Å²) in [6.45, 7) is 0.526. The molecule has 0 saturated heterocycles. The molecule has 2 aromatic rings. The van der Waals surface area contributed by atoms with Crippen molar-refractivity contribution in [1.29, 1.82) is 5.26 Å². The van der Waals surface area contributed by atoms with E-state index in [1.165, 1.54) is 11.8 Å². The lowest BCUT2D eigenvalue weighted by Gasteiger charge is -2.04. The lowest BCUT2D eigenvalue weighted by molar-refractivity contribution is 0.675. The summed E-state index contributed by atoms with van der Waals surface area (Å²) in [5.74, 6) is 0.400. The van der Waals surface area contributed by atoms with Gasteiger partial charge in [-0.2, -0.15) is 10.4 Å². The first-order chi connectivity index (χ1) is 8.65. The molecule has 0 radical (unpaired) electrons. The van der Waals surface area contributed by atoms with Gasteiger partial charge in [-0.3, -0.25) is 0 Å². The van der Waals surface area contributed by atoms with Crippen molar-refractivity contribution < 1.29 is 0 Å². The largest absolute Gasteiger partial charge is 0.383 e. The molecular formula is C12H11ClN4S. The fourth-order valence-corrected chi connectivity index (χ4v) is 2.24. The molecule has 2 rings (SSSR count). The van der Waals surface area contributed by atoms with E-state index in [4.69, 9.17) is 22.6 Å². The zero-order chi connectivity index (χ0) is 13.1. The van der Waals surface area contributed by atoms with Gasteiger partial charge < -0.3 is 5.73 Å². The minimum atomic E-state index is 0.400. The lowest BCUT2D eigenvalue weighted by atomic mass is 10.2. The number of hydrogen-bond acceptors (Lipinski definition) is 4. The molecule has 1 heterocycles. The SMILES string of the molecule is CSc1nn(Cc2ccc(Cl)cc2)c(N)c1C#N. The van der Waals surface area contributed by atoms with Gasteiger partial charge in [0.25, 0.3) is 0 Å². The molecule has 18 heavy (non-hydrogen) atoms. The topological polar surface area (TPSA) is 67.6 Å². The van der Waals surface area contributed by atoms with Crippen LogP contribution >= 0.6 is 23.4 Å². The van der Waals surface area contributed by atoms with Gasteiger partial charge in [0.1, 0.15) is 22.5 Å². The van der Waals surface area contributed by atoms with Crippen LogP contribution in [0.2, 0.25) is 5.02 Å². The van der Waals surface area contributed by atoms with Gasteiger partial charge in [-0.1, -0.05) is 23.7 Å². The summed E-state index contributed by atoms with van der Waals surface area (Å²) in [5.41, 5.74) is 7.38. The van der Waals surface area contributed by atoms with Crippen LogP contribution in [0.25, 0.3) is 0 Å².